The van der Waals surface area contributed by atoms with Crippen molar-refractivity contribution in [1.29, 1.82) is 0 Å². The highest BCUT2D eigenvalue weighted by Crippen LogP contribution is 2.59. The highest BCUT2D eigenvalue weighted by Gasteiger charge is 2.72. The predicted molar refractivity (Wildman–Crippen MR) is 111 cm³/mol. The second-order valence-corrected chi connectivity index (χ2v) is 9.56. The lowest BCUT2D eigenvalue weighted by Crippen LogP contribution is -2.58. The Labute approximate surface area is 171 Å². The standard InChI is InChI=1S/C24H29NO4/c1-22(2,3)29-21(27)23-12-11-19(24(23,28)25(4)20(26)15-23)14-16-9-10-17-7-5-6-8-18(17)13-16/h5-10,13,19,28H,11-12,14-15H2,1-4H3/t19-,23+,24-/m1/s1. The van der Waals surface area contributed by atoms with Crippen LogP contribution in [0.15, 0.2) is 42.5 Å². The third kappa shape index (κ3) is 3.03. The van der Waals surface area contributed by atoms with Crippen molar-refractivity contribution in [3.05, 3.63) is 48.0 Å². The second kappa shape index (κ2) is 6.56. The number of carbonyl (C=O) groups excluding carboxylic acids is 2. The SMILES string of the molecule is CN1C(=O)C[C@]2(C(=O)OC(C)(C)C)CC[C@H](Cc3ccc4ccccc4c3)[C@]12O. The van der Waals surface area contributed by atoms with Crippen LogP contribution >= 0.6 is 0 Å². The number of hydrogen-bond donors (Lipinski definition) is 1. The molecule has 154 valence electrons. The molecule has 2 aliphatic rings. The third-order valence-electron chi connectivity index (χ3n) is 6.62. The van der Waals surface area contributed by atoms with Crippen molar-refractivity contribution in [2.45, 2.75) is 57.8 Å². The summed E-state index contributed by atoms with van der Waals surface area (Å²) in [5.74, 6) is -0.902. The summed E-state index contributed by atoms with van der Waals surface area (Å²) in [6.07, 6.45) is 1.72. The van der Waals surface area contributed by atoms with Crippen LogP contribution in [0.4, 0.5) is 0 Å². The van der Waals surface area contributed by atoms with Gasteiger partial charge in [-0.05, 0) is 56.4 Å². The van der Waals surface area contributed by atoms with Crippen LogP contribution in [0.2, 0.25) is 0 Å². The molecule has 5 nitrogen and oxygen atoms in total. The number of amides is 1. The van der Waals surface area contributed by atoms with Gasteiger partial charge in [0.1, 0.15) is 11.0 Å². The van der Waals surface area contributed by atoms with Gasteiger partial charge in [0.25, 0.3) is 0 Å². The van der Waals surface area contributed by atoms with Crippen LogP contribution in [0.25, 0.3) is 10.8 Å². The maximum Gasteiger partial charge on any atom is 0.318 e. The summed E-state index contributed by atoms with van der Waals surface area (Å²) >= 11 is 0. The van der Waals surface area contributed by atoms with Crippen molar-refractivity contribution in [3.63, 3.8) is 0 Å². The number of esters is 1. The molecule has 0 unspecified atom stereocenters. The van der Waals surface area contributed by atoms with Gasteiger partial charge >= 0.3 is 5.97 Å². The fraction of sp³-hybridized carbons (Fsp3) is 0.500. The van der Waals surface area contributed by atoms with Crippen LogP contribution in [0.5, 0.6) is 0 Å². The molecule has 0 aromatic heterocycles. The van der Waals surface area contributed by atoms with E-state index in [9.17, 15) is 14.7 Å². The van der Waals surface area contributed by atoms with Gasteiger partial charge in [0, 0.05) is 19.4 Å². The lowest BCUT2D eigenvalue weighted by Gasteiger charge is -2.42. The molecule has 0 spiro atoms. The zero-order chi connectivity index (χ0) is 21.0. The predicted octanol–water partition coefficient (Wildman–Crippen LogP) is 3.67. The third-order valence-corrected chi connectivity index (χ3v) is 6.62. The van der Waals surface area contributed by atoms with E-state index in [1.165, 1.54) is 4.90 Å². The summed E-state index contributed by atoms with van der Waals surface area (Å²) in [5.41, 5.74) is -2.31. The van der Waals surface area contributed by atoms with Crippen molar-refractivity contribution >= 4 is 22.6 Å². The van der Waals surface area contributed by atoms with E-state index in [2.05, 4.69) is 30.3 Å². The highest BCUT2D eigenvalue weighted by atomic mass is 16.6. The summed E-state index contributed by atoms with van der Waals surface area (Å²) in [6, 6.07) is 14.4. The van der Waals surface area contributed by atoms with Gasteiger partial charge in [-0.3, -0.25) is 9.59 Å². The number of aliphatic hydroxyl groups is 1. The number of ether oxygens (including phenoxy) is 1. The lowest BCUT2D eigenvalue weighted by molar-refractivity contribution is -0.199. The zero-order valence-electron chi connectivity index (χ0n) is 17.6. The zero-order valence-corrected chi connectivity index (χ0v) is 17.6. The molecular weight excluding hydrogens is 366 g/mol. The lowest BCUT2D eigenvalue weighted by atomic mass is 9.76. The summed E-state index contributed by atoms with van der Waals surface area (Å²) in [6.45, 7) is 5.42. The Bertz CT molecular complexity index is 978. The van der Waals surface area contributed by atoms with Gasteiger partial charge in [-0.1, -0.05) is 42.5 Å². The van der Waals surface area contributed by atoms with Gasteiger partial charge in [0.2, 0.25) is 5.91 Å². The van der Waals surface area contributed by atoms with Gasteiger partial charge < -0.3 is 14.7 Å². The minimum absolute atomic E-state index is 0.00311. The number of nitrogens with zero attached hydrogens (tertiary/aromatic N) is 1. The van der Waals surface area contributed by atoms with Crippen LogP contribution in [-0.4, -0.2) is 40.3 Å². The number of fused-ring (bicyclic) bond motifs is 2. The summed E-state index contributed by atoms with van der Waals surface area (Å²) < 4.78 is 5.67. The Morgan fingerprint density at radius 3 is 2.59 bits per heavy atom. The minimum Gasteiger partial charge on any atom is -0.459 e. The Kier molecular flexibility index (Phi) is 4.50. The Morgan fingerprint density at radius 2 is 1.90 bits per heavy atom. The molecule has 3 atom stereocenters. The molecule has 1 saturated heterocycles. The molecule has 1 aliphatic carbocycles. The normalized spacial score (nSPS) is 29.3. The molecule has 2 fully saturated rings. The fourth-order valence-corrected chi connectivity index (χ4v) is 5.17. The molecule has 29 heavy (non-hydrogen) atoms. The molecule has 1 heterocycles. The molecule has 0 bridgehead atoms. The van der Waals surface area contributed by atoms with Crippen LogP contribution in [0, 0.1) is 11.3 Å². The first kappa shape index (κ1) is 19.9. The molecule has 1 saturated carbocycles. The number of likely N-dealkylation sites (tertiary alicyclic amines) is 1. The second-order valence-electron chi connectivity index (χ2n) is 9.56. The van der Waals surface area contributed by atoms with E-state index in [0.29, 0.717) is 19.3 Å². The molecule has 5 heteroatoms. The van der Waals surface area contributed by atoms with E-state index in [4.69, 9.17) is 4.74 Å². The van der Waals surface area contributed by atoms with E-state index in [-0.39, 0.29) is 18.2 Å². The molecule has 1 amide bonds. The summed E-state index contributed by atoms with van der Waals surface area (Å²) in [4.78, 5) is 27.2. The Balaban J connectivity index is 1.68. The molecule has 1 N–H and O–H groups in total. The van der Waals surface area contributed by atoms with Crippen LogP contribution in [0.1, 0.15) is 45.6 Å². The van der Waals surface area contributed by atoms with Crippen molar-refractivity contribution < 1.29 is 19.4 Å². The Morgan fingerprint density at radius 1 is 1.21 bits per heavy atom. The van der Waals surface area contributed by atoms with Gasteiger partial charge in [-0.25, -0.2) is 0 Å². The highest BCUT2D eigenvalue weighted by molar-refractivity contribution is 5.92. The number of benzene rings is 2. The fourth-order valence-electron chi connectivity index (χ4n) is 5.17. The quantitative estimate of drug-likeness (QED) is 0.806. The maximum absolute atomic E-state index is 13.2. The van der Waals surface area contributed by atoms with E-state index in [1.807, 2.05) is 32.9 Å². The first-order valence-electron chi connectivity index (χ1n) is 10.3. The number of hydrogen-bond acceptors (Lipinski definition) is 4. The van der Waals surface area contributed by atoms with Crippen molar-refractivity contribution in [2.24, 2.45) is 11.3 Å². The van der Waals surface area contributed by atoms with E-state index < -0.39 is 22.7 Å². The average Bonchev–Trinajstić information content (AvgIpc) is 3.04. The molecule has 2 aromatic rings. The summed E-state index contributed by atoms with van der Waals surface area (Å²) in [5, 5.41) is 14.1. The summed E-state index contributed by atoms with van der Waals surface area (Å²) in [7, 11) is 1.60. The van der Waals surface area contributed by atoms with Crippen LogP contribution in [-0.2, 0) is 20.7 Å². The number of carbonyl (C=O) groups is 2. The van der Waals surface area contributed by atoms with E-state index >= 15 is 0 Å². The van der Waals surface area contributed by atoms with Crippen molar-refractivity contribution in [1.82, 2.24) is 4.90 Å². The van der Waals surface area contributed by atoms with Gasteiger partial charge in [0.05, 0.1) is 0 Å². The first-order chi connectivity index (χ1) is 13.6. The molecule has 4 rings (SSSR count). The van der Waals surface area contributed by atoms with Gasteiger partial charge in [-0.15, -0.1) is 0 Å². The first-order valence-corrected chi connectivity index (χ1v) is 10.3. The molecule has 2 aromatic carbocycles. The van der Waals surface area contributed by atoms with Crippen molar-refractivity contribution in [3.8, 4) is 0 Å². The Hall–Kier alpha value is -2.40. The molecule has 0 radical (unpaired) electrons. The van der Waals surface area contributed by atoms with Gasteiger partial charge in [-0.2, -0.15) is 0 Å². The van der Waals surface area contributed by atoms with Crippen molar-refractivity contribution in [2.75, 3.05) is 7.05 Å². The van der Waals surface area contributed by atoms with Gasteiger partial charge in [0.15, 0.2) is 5.72 Å². The van der Waals surface area contributed by atoms with Crippen LogP contribution < -0.4 is 0 Å². The monoisotopic (exact) mass is 395 g/mol. The van der Waals surface area contributed by atoms with Crippen LogP contribution in [0.3, 0.4) is 0 Å². The smallest absolute Gasteiger partial charge is 0.318 e. The van der Waals surface area contributed by atoms with E-state index in [1.54, 1.807) is 7.05 Å². The largest absolute Gasteiger partial charge is 0.459 e. The maximum atomic E-state index is 13.2. The average molecular weight is 395 g/mol. The topological polar surface area (TPSA) is 66.8 Å². The molecule has 1 aliphatic heterocycles. The molecular formula is C24H29NO4. The van der Waals surface area contributed by atoms with E-state index in [0.717, 1.165) is 16.3 Å². The number of rotatable bonds is 3. The minimum atomic E-state index is -1.53.